The normalized spacial score (nSPS) is 10.6. The van der Waals surface area contributed by atoms with Gasteiger partial charge in [0.1, 0.15) is 0 Å². The SMILES string of the molecule is OCc1cc(-c2c(Cl)cccc2Cl)ncc1Cl. The monoisotopic (exact) mass is 287 g/mol. The lowest BCUT2D eigenvalue weighted by atomic mass is 10.1. The Morgan fingerprint density at radius 1 is 1.06 bits per heavy atom. The van der Waals surface area contributed by atoms with Gasteiger partial charge in [-0.25, -0.2) is 0 Å². The lowest BCUT2D eigenvalue weighted by Gasteiger charge is -2.08. The molecule has 17 heavy (non-hydrogen) atoms. The van der Waals surface area contributed by atoms with Crippen molar-refractivity contribution in [2.24, 2.45) is 0 Å². The van der Waals surface area contributed by atoms with E-state index in [4.69, 9.17) is 39.9 Å². The van der Waals surface area contributed by atoms with Crippen LogP contribution in [-0.2, 0) is 6.61 Å². The van der Waals surface area contributed by atoms with Crippen LogP contribution in [0.3, 0.4) is 0 Å². The molecule has 0 atom stereocenters. The second-order valence-electron chi connectivity index (χ2n) is 3.42. The topological polar surface area (TPSA) is 33.1 Å². The standard InChI is InChI=1S/C12H8Cl3NO/c13-8-2-1-3-9(14)12(8)11-4-7(6-17)10(15)5-16-11/h1-5,17H,6H2. The summed E-state index contributed by atoms with van der Waals surface area (Å²) in [6.07, 6.45) is 1.47. The zero-order valence-electron chi connectivity index (χ0n) is 8.62. The molecule has 88 valence electrons. The first-order chi connectivity index (χ1) is 8.13. The molecule has 0 fully saturated rings. The highest BCUT2D eigenvalue weighted by atomic mass is 35.5. The number of pyridine rings is 1. The zero-order chi connectivity index (χ0) is 12.4. The van der Waals surface area contributed by atoms with Gasteiger partial charge in [0.15, 0.2) is 0 Å². The average molecular weight is 289 g/mol. The van der Waals surface area contributed by atoms with Crippen LogP contribution in [0.4, 0.5) is 0 Å². The van der Waals surface area contributed by atoms with Gasteiger partial charge in [0.05, 0.1) is 27.4 Å². The third-order valence-corrected chi connectivity index (χ3v) is 3.29. The first kappa shape index (κ1) is 12.7. The summed E-state index contributed by atoms with van der Waals surface area (Å²) in [7, 11) is 0. The Morgan fingerprint density at radius 2 is 1.71 bits per heavy atom. The van der Waals surface area contributed by atoms with Crippen molar-refractivity contribution in [3.05, 3.63) is 51.1 Å². The van der Waals surface area contributed by atoms with Crippen LogP contribution in [0.25, 0.3) is 11.3 Å². The van der Waals surface area contributed by atoms with Gasteiger partial charge in [-0.15, -0.1) is 0 Å². The number of aliphatic hydroxyl groups is 1. The quantitative estimate of drug-likeness (QED) is 0.898. The van der Waals surface area contributed by atoms with Crippen molar-refractivity contribution in [1.82, 2.24) is 4.98 Å². The second kappa shape index (κ2) is 5.23. The van der Waals surface area contributed by atoms with E-state index in [-0.39, 0.29) is 6.61 Å². The molecule has 1 aromatic carbocycles. The number of nitrogens with zero attached hydrogens (tertiary/aromatic N) is 1. The fourth-order valence-corrected chi connectivity index (χ4v) is 2.23. The van der Waals surface area contributed by atoms with Gasteiger partial charge in [-0.3, -0.25) is 4.98 Å². The Hall–Kier alpha value is -0.800. The fraction of sp³-hybridized carbons (Fsp3) is 0.0833. The maximum absolute atomic E-state index is 9.15. The molecule has 0 amide bonds. The van der Waals surface area contributed by atoms with E-state index in [9.17, 15) is 0 Å². The van der Waals surface area contributed by atoms with Crippen molar-refractivity contribution >= 4 is 34.8 Å². The highest BCUT2D eigenvalue weighted by Crippen LogP contribution is 2.34. The summed E-state index contributed by atoms with van der Waals surface area (Å²) in [5, 5.41) is 10.6. The summed E-state index contributed by atoms with van der Waals surface area (Å²) in [6.45, 7) is -0.156. The van der Waals surface area contributed by atoms with Crippen molar-refractivity contribution in [2.45, 2.75) is 6.61 Å². The minimum atomic E-state index is -0.156. The third kappa shape index (κ3) is 2.55. The first-order valence-corrected chi connectivity index (χ1v) is 5.96. The lowest BCUT2D eigenvalue weighted by Crippen LogP contribution is -1.91. The predicted octanol–water partition coefficient (Wildman–Crippen LogP) is 4.20. The number of aromatic nitrogens is 1. The molecule has 0 aliphatic heterocycles. The number of rotatable bonds is 2. The van der Waals surface area contributed by atoms with E-state index in [2.05, 4.69) is 4.98 Å². The summed E-state index contributed by atoms with van der Waals surface area (Å²) < 4.78 is 0. The van der Waals surface area contributed by atoms with Gasteiger partial charge in [-0.05, 0) is 23.8 Å². The summed E-state index contributed by atoms with van der Waals surface area (Å²) in [5.74, 6) is 0. The van der Waals surface area contributed by atoms with Crippen molar-refractivity contribution < 1.29 is 5.11 Å². The lowest BCUT2D eigenvalue weighted by molar-refractivity contribution is 0.282. The molecule has 0 spiro atoms. The Kier molecular flexibility index (Phi) is 3.89. The predicted molar refractivity (Wildman–Crippen MR) is 70.6 cm³/mol. The Bertz CT molecular complexity index is 537. The number of hydrogen-bond acceptors (Lipinski definition) is 2. The molecule has 0 aliphatic rings. The van der Waals surface area contributed by atoms with Crippen LogP contribution in [0.2, 0.25) is 15.1 Å². The van der Waals surface area contributed by atoms with Crippen molar-refractivity contribution in [2.75, 3.05) is 0 Å². The highest BCUT2D eigenvalue weighted by molar-refractivity contribution is 6.39. The minimum Gasteiger partial charge on any atom is -0.392 e. The maximum Gasteiger partial charge on any atom is 0.0736 e. The maximum atomic E-state index is 9.15. The Balaban J connectivity index is 2.61. The van der Waals surface area contributed by atoms with Gasteiger partial charge in [-0.1, -0.05) is 40.9 Å². The highest BCUT2D eigenvalue weighted by Gasteiger charge is 2.11. The Morgan fingerprint density at radius 3 is 2.29 bits per heavy atom. The molecule has 0 bridgehead atoms. The summed E-state index contributed by atoms with van der Waals surface area (Å²) >= 11 is 18.0. The molecule has 0 saturated carbocycles. The van der Waals surface area contributed by atoms with E-state index in [1.165, 1.54) is 6.20 Å². The number of aliphatic hydroxyl groups excluding tert-OH is 1. The average Bonchev–Trinajstić information content (AvgIpc) is 2.31. The molecular weight excluding hydrogens is 280 g/mol. The summed E-state index contributed by atoms with van der Waals surface area (Å²) in [5.41, 5.74) is 1.82. The van der Waals surface area contributed by atoms with E-state index in [0.29, 0.717) is 31.9 Å². The molecule has 2 nitrogen and oxygen atoms in total. The molecular formula is C12H8Cl3NO. The zero-order valence-corrected chi connectivity index (χ0v) is 10.9. The van der Waals surface area contributed by atoms with Crippen LogP contribution in [0, 0.1) is 0 Å². The van der Waals surface area contributed by atoms with E-state index in [1.807, 2.05) is 0 Å². The van der Waals surface area contributed by atoms with Crippen molar-refractivity contribution in [1.29, 1.82) is 0 Å². The minimum absolute atomic E-state index is 0.156. The molecule has 2 aromatic rings. The largest absolute Gasteiger partial charge is 0.392 e. The van der Waals surface area contributed by atoms with E-state index in [0.717, 1.165) is 0 Å². The van der Waals surface area contributed by atoms with Gasteiger partial charge >= 0.3 is 0 Å². The van der Waals surface area contributed by atoms with E-state index in [1.54, 1.807) is 24.3 Å². The van der Waals surface area contributed by atoms with Gasteiger partial charge in [0.25, 0.3) is 0 Å². The molecule has 5 heteroatoms. The molecule has 0 saturated heterocycles. The molecule has 1 N–H and O–H groups in total. The van der Waals surface area contributed by atoms with Crippen LogP contribution in [0.1, 0.15) is 5.56 Å². The second-order valence-corrected chi connectivity index (χ2v) is 4.64. The number of benzene rings is 1. The number of hydrogen-bond donors (Lipinski definition) is 1. The molecule has 1 heterocycles. The molecule has 0 radical (unpaired) electrons. The molecule has 0 unspecified atom stereocenters. The third-order valence-electron chi connectivity index (χ3n) is 2.32. The first-order valence-electron chi connectivity index (χ1n) is 4.83. The van der Waals surface area contributed by atoms with Gasteiger partial charge in [-0.2, -0.15) is 0 Å². The van der Waals surface area contributed by atoms with E-state index >= 15 is 0 Å². The van der Waals surface area contributed by atoms with Crippen molar-refractivity contribution in [3.63, 3.8) is 0 Å². The Labute approximate surface area is 114 Å². The fourth-order valence-electron chi connectivity index (χ4n) is 1.48. The number of halogens is 3. The van der Waals surface area contributed by atoms with Crippen LogP contribution in [-0.4, -0.2) is 10.1 Å². The van der Waals surface area contributed by atoms with E-state index < -0.39 is 0 Å². The van der Waals surface area contributed by atoms with Crippen LogP contribution >= 0.6 is 34.8 Å². The summed E-state index contributed by atoms with van der Waals surface area (Å²) in [6, 6.07) is 6.90. The molecule has 1 aromatic heterocycles. The molecule has 0 aliphatic carbocycles. The van der Waals surface area contributed by atoms with Crippen LogP contribution < -0.4 is 0 Å². The van der Waals surface area contributed by atoms with Crippen LogP contribution in [0.5, 0.6) is 0 Å². The van der Waals surface area contributed by atoms with Gasteiger partial charge < -0.3 is 5.11 Å². The van der Waals surface area contributed by atoms with Gasteiger partial charge in [0, 0.05) is 11.8 Å². The summed E-state index contributed by atoms with van der Waals surface area (Å²) in [4.78, 5) is 4.17. The van der Waals surface area contributed by atoms with Crippen LogP contribution in [0.15, 0.2) is 30.5 Å². The smallest absolute Gasteiger partial charge is 0.0736 e. The molecule has 2 rings (SSSR count). The van der Waals surface area contributed by atoms with Crippen molar-refractivity contribution in [3.8, 4) is 11.3 Å². The van der Waals surface area contributed by atoms with Gasteiger partial charge in [0.2, 0.25) is 0 Å².